The highest BCUT2D eigenvalue weighted by atomic mass is 16.5. The largest absolute Gasteiger partial charge is 0.493 e. The topological polar surface area (TPSA) is 86.1 Å². The number of aromatic nitrogens is 1. The van der Waals surface area contributed by atoms with Crippen molar-refractivity contribution >= 4 is 5.91 Å². The van der Waals surface area contributed by atoms with Crippen LogP contribution in [0.4, 0.5) is 0 Å². The Balaban J connectivity index is 1.79. The van der Waals surface area contributed by atoms with Gasteiger partial charge in [-0.25, -0.2) is 0 Å². The van der Waals surface area contributed by atoms with Crippen molar-refractivity contribution in [2.45, 2.75) is 13.0 Å². The minimum atomic E-state index is -0.283. The maximum atomic E-state index is 12.4. The third-order valence-electron chi connectivity index (χ3n) is 4.59. The molecule has 3 rings (SSSR count). The summed E-state index contributed by atoms with van der Waals surface area (Å²) in [4.78, 5) is 14.7. The van der Waals surface area contributed by atoms with Gasteiger partial charge in [0.05, 0.1) is 39.2 Å². The van der Waals surface area contributed by atoms with Crippen LogP contribution in [0, 0.1) is 6.92 Å². The van der Waals surface area contributed by atoms with E-state index in [0.717, 1.165) is 18.7 Å². The number of methoxy groups -OCH3 is 2. The molecule has 0 unspecified atom stereocenters. The molecule has 1 fully saturated rings. The first-order valence-electron chi connectivity index (χ1n) is 8.87. The first kappa shape index (κ1) is 19.2. The van der Waals surface area contributed by atoms with Crippen molar-refractivity contribution in [3.8, 4) is 11.5 Å². The molecular weight excluding hydrogens is 350 g/mol. The Hall–Kier alpha value is -2.58. The predicted octanol–water partition coefficient (Wildman–Crippen LogP) is 1.80. The second-order valence-electron chi connectivity index (χ2n) is 6.32. The first-order valence-corrected chi connectivity index (χ1v) is 8.87. The van der Waals surface area contributed by atoms with Crippen LogP contribution in [0.2, 0.25) is 0 Å². The van der Waals surface area contributed by atoms with Crippen LogP contribution < -0.4 is 14.8 Å². The summed E-state index contributed by atoms with van der Waals surface area (Å²) < 4.78 is 21.3. The molecule has 0 radical (unpaired) electrons. The number of carbonyl (C=O) groups excluding carboxylic acids is 1. The van der Waals surface area contributed by atoms with Gasteiger partial charge in [-0.1, -0.05) is 11.2 Å². The number of ether oxygens (including phenoxy) is 3. The van der Waals surface area contributed by atoms with Crippen molar-refractivity contribution in [1.82, 2.24) is 15.4 Å². The lowest BCUT2D eigenvalue weighted by Crippen LogP contribution is -2.43. The fourth-order valence-corrected chi connectivity index (χ4v) is 3.15. The van der Waals surface area contributed by atoms with E-state index in [1.54, 1.807) is 27.2 Å². The second kappa shape index (κ2) is 8.88. The molecule has 1 aliphatic heterocycles. The molecule has 2 heterocycles. The van der Waals surface area contributed by atoms with Crippen molar-refractivity contribution in [1.29, 1.82) is 0 Å². The van der Waals surface area contributed by atoms with Gasteiger partial charge in [-0.2, -0.15) is 0 Å². The molecule has 1 atom stereocenters. The highest BCUT2D eigenvalue weighted by Crippen LogP contribution is 2.32. The number of hydrogen-bond acceptors (Lipinski definition) is 7. The number of hydrogen-bond donors (Lipinski definition) is 1. The van der Waals surface area contributed by atoms with Crippen LogP contribution in [0.25, 0.3) is 0 Å². The summed E-state index contributed by atoms with van der Waals surface area (Å²) in [6.45, 7) is 5.11. The van der Waals surface area contributed by atoms with E-state index >= 15 is 0 Å². The predicted molar refractivity (Wildman–Crippen MR) is 98.3 cm³/mol. The van der Waals surface area contributed by atoms with Gasteiger partial charge in [0.2, 0.25) is 5.76 Å². The van der Waals surface area contributed by atoms with Gasteiger partial charge in [0.15, 0.2) is 11.5 Å². The average Bonchev–Trinajstić information content (AvgIpc) is 3.15. The summed E-state index contributed by atoms with van der Waals surface area (Å²) in [5, 5.41) is 6.71. The van der Waals surface area contributed by atoms with Crippen LogP contribution in [0.3, 0.4) is 0 Å². The van der Waals surface area contributed by atoms with E-state index in [2.05, 4.69) is 15.4 Å². The molecule has 1 amide bonds. The second-order valence-corrected chi connectivity index (χ2v) is 6.32. The summed E-state index contributed by atoms with van der Waals surface area (Å²) >= 11 is 0. The van der Waals surface area contributed by atoms with Crippen LogP contribution in [0.5, 0.6) is 11.5 Å². The third kappa shape index (κ3) is 4.58. The molecule has 8 nitrogen and oxygen atoms in total. The zero-order chi connectivity index (χ0) is 19.2. The standard InChI is InChI=1S/C19H25N3O5/c1-13-10-18(27-21-13)19(23)20-12-15(22-6-8-26-9-7-22)14-4-5-16(24-2)17(11-14)25-3/h4-5,10-11,15H,6-9,12H2,1-3H3,(H,20,23)/t15-/m0/s1. The van der Waals surface area contributed by atoms with Gasteiger partial charge in [-0.05, 0) is 24.6 Å². The van der Waals surface area contributed by atoms with Gasteiger partial charge in [0.1, 0.15) is 0 Å². The number of carbonyl (C=O) groups is 1. The number of benzene rings is 1. The Morgan fingerprint density at radius 1 is 1.22 bits per heavy atom. The van der Waals surface area contributed by atoms with E-state index in [4.69, 9.17) is 18.7 Å². The monoisotopic (exact) mass is 375 g/mol. The summed E-state index contributed by atoms with van der Waals surface area (Å²) in [6.07, 6.45) is 0. The first-order chi connectivity index (χ1) is 13.1. The molecule has 27 heavy (non-hydrogen) atoms. The van der Waals surface area contributed by atoms with Crippen molar-refractivity contribution < 1.29 is 23.5 Å². The fourth-order valence-electron chi connectivity index (χ4n) is 3.15. The number of nitrogens with one attached hydrogen (secondary N) is 1. The molecular formula is C19H25N3O5. The van der Waals surface area contributed by atoms with E-state index in [-0.39, 0.29) is 17.7 Å². The van der Waals surface area contributed by atoms with Crippen molar-refractivity contribution in [3.05, 3.63) is 41.3 Å². The molecule has 146 valence electrons. The molecule has 0 bridgehead atoms. The van der Waals surface area contributed by atoms with Crippen LogP contribution in [0.15, 0.2) is 28.8 Å². The Labute approximate surface area is 158 Å². The minimum Gasteiger partial charge on any atom is -0.493 e. The van der Waals surface area contributed by atoms with Crippen LogP contribution in [0.1, 0.15) is 27.9 Å². The van der Waals surface area contributed by atoms with Crippen LogP contribution in [-0.2, 0) is 4.74 Å². The molecule has 2 aromatic rings. The lowest BCUT2D eigenvalue weighted by molar-refractivity contribution is 0.0161. The van der Waals surface area contributed by atoms with Crippen molar-refractivity contribution in [2.24, 2.45) is 0 Å². The SMILES string of the molecule is COc1ccc([C@H](CNC(=O)c2cc(C)no2)N2CCOCC2)cc1OC. The summed E-state index contributed by atoms with van der Waals surface area (Å²) in [5.41, 5.74) is 1.70. The molecule has 0 spiro atoms. The van der Waals surface area contributed by atoms with Gasteiger partial charge in [-0.15, -0.1) is 0 Å². The minimum absolute atomic E-state index is 0.0262. The zero-order valence-corrected chi connectivity index (χ0v) is 15.9. The van der Waals surface area contributed by atoms with Gasteiger partial charge in [0.25, 0.3) is 5.91 Å². The van der Waals surface area contributed by atoms with Gasteiger partial charge < -0.3 is 24.1 Å². The maximum absolute atomic E-state index is 12.4. The van der Waals surface area contributed by atoms with Gasteiger partial charge in [0, 0.05) is 25.7 Å². The quantitative estimate of drug-likeness (QED) is 0.790. The molecule has 1 aromatic carbocycles. The number of aryl methyl sites for hydroxylation is 1. The number of rotatable bonds is 7. The smallest absolute Gasteiger partial charge is 0.289 e. The van der Waals surface area contributed by atoms with E-state index in [9.17, 15) is 4.79 Å². The Bertz CT molecular complexity index is 770. The molecule has 1 N–H and O–H groups in total. The molecule has 8 heteroatoms. The molecule has 1 saturated heterocycles. The maximum Gasteiger partial charge on any atom is 0.289 e. The van der Waals surface area contributed by atoms with Gasteiger partial charge >= 0.3 is 0 Å². The Morgan fingerprint density at radius 3 is 2.59 bits per heavy atom. The van der Waals surface area contributed by atoms with E-state index in [0.29, 0.717) is 37.0 Å². The Morgan fingerprint density at radius 2 is 1.96 bits per heavy atom. The van der Waals surface area contributed by atoms with Gasteiger partial charge in [-0.3, -0.25) is 9.69 Å². The normalized spacial score (nSPS) is 16.0. The third-order valence-corrected chi connectivity index (χ3v) is 4.59. The highest BCUT2D eigenvalue weighted by Gasteiger charge is 2.25. The number of amides is 1. The molecule has 0 saturated carbocycles. The summed E-state index contributed by atoms with van der Waals surface area (Å²) in [7, 11) is 3.22. The van der Waals surface area contributed by atoms with E-state index in [1.165, 1.54) is 0 Å². The van der Waals surface area contributed by atoms with Crippen molar-refractivity contribution in [3.63, 3.8) is 0 Å². The van der Waals surface area contributed by atoms with Crippen LogP contribution >= 0.6 is 0 Å². The summed E-state index contributed by atoms with van der Waals surface area (Å²) in [6, 6.07) is 7.41. The number of morpholine rings is 1. The molecule has 1 aromatic heterocycles. The summed E-state index contributed by atoms with van der Waals surface area (Å²) in [5.74, 6) is 1.25. The Kier molecular flexibility index (Phi) is 6.31. The fraction of sp³-hybridized carbons (Fsp3) is 0.474. The van der Waals surface area contributed by atoms with E-state index in [1.807, 2.05) is 18.2 Å². The number of nitrogens with zero attached hydrogens (tertiary/aromatic N) is 2. The van der Waals surface area contributed by atoms with E-state index < -0.39 is 0 Å². The highest BCUT2D eigenvalue weighted by molar-refractivity contribution is 5.91. The zero-order valence-electron chi connectivity index (χ0n) is 15.9. The van der Waals surface area contributed by atoms with Crippen LogP contribution in [-0.4, -0.2) is 63.0 Å². The molecule has 1 aliphatic rings. The lowest BCUT2D eigenvalue weighted by atomic mass is 10.0. The molecule has 0 aliphatic carbocycles. The van der Waals surface area contributed by atoms with Crippen molar-refractivity contribution in [2.75, 3.05) is 47.1 Å². The average molecular weight is 375 g/mol. The lowest BCUT2D eigenvalue weighted by Gasteiger charge is -2.35.